The molecule has 1 aromatic heterocycles. The average Bonchev–Trinajstić information content (AvgIpc) is 2.03. The van der Waals surface area contributed by atoms with Crippen molar-refractivity contribution in [2.45, 2.75) is 6.43 Å². The second kappa shape index (κ2) is 3.34. The van der Waals surface area contributed by atoms with Gasteiger partial charge >= 0.3 is 6.43 Å². The van der Waals surface area contributed by atoms with Gasteiger partial charge in [-0.15, -0.1) is 0 Å². The smallest absolute Gasteiger partial charge is 0.286 e. The van der Waals surface area contributed by atoms with Crippen molar-refractivity contribution in [2.24, 2.45) is 0 Å². The Hall–Kier alpha value is -1.39. The van der Waals surface area contributed by atoms with E-state index in [2.05, 4.69) is 4.98 Å². The summed E-state index contributed by atoms with van der Waals surface area (Å²) < 4.78 is 35.8. The maximum atomic E-state index is 12.4. The molecule has 0 radical (unpaired) electrons. The number of hydrogen-bond acceptors (Lipinski definition) is 2. The molecule has 1 aromatic rings. The molecule has 0 bridgehead atoms. The van der Waals surface area contributed by atoms with Gasteiger partial charge in [0.2, 0.25) is 5.78 Å². The summed E-state index contributed by atoms with van der Waals surface area (Å²) in [5.41, 5.74) is -0.551. The Morgan fingerprint density at radius 1 is 1.50 bits per heavy atom. The molecular formula is C7H4F3NO. The van der Waals surface area contributed by atoms with Crippen LogP contribution < -0.4 is 0 Å². The van der Waals surface area contributed by atoms with Gasteiger partial charge in [-0.2, -0.15) is 0 Å². The van der Waals surface area contributed by atoms with Gasteiger partial charge in [0, 0.05) is 12.3 Å². The van der Waals surface area contributed by atoms with E-state index in [0.29, 0.717) is 6.07 Å². The first-order valence-corrected chi connectivity index (χ1v) is 3.05. The van der Waals surface area contributed by atoms with Crippen molar-refractivity contribution in [1.82, 2.24) is 4.98 Å². The van der Waals surface area contributed by atoms with Gasteiger partial charge in [0.05, 0.1) is 0 Å². The Kier molecular flexibility index (Phi) is 2.42. The molecule has 0 amide bonds. The highest BCUT2D eigenvalue weighted by Gasteiger charge is 2.19. The number of carbonyl (C=O) groups excluding carboxylic acids is 1. The Morgan fingerprint density at radius 3 is 2.67 bits per heavy atom. The summed E-state index contributed by atoms with van der Waals surface area (Å²) in [7, 11) is 0. The highest BCUT2D eigenvalue weighted by Crippen LogP contribution is 2.05. The number of nitrogens with zero attached hydrogens (tertiary/aromatic N) is 1. The molecular weight excluding hydrogens is 171 g/mol. The van der Waals surface area contributed by atoms with Crippen LogP contribution in [-0.4, -0.2) is 17.2 Å². The minimum atomic E-state index is -3.14. The fourth-order valence-corrected chi connectivity index (χ4v) is 0.651. The summed E-state index contributed by atoms with van der Waals surface area (Å²) in [6.07, 6.45) is -2.18. The number of pyridine rings is 1. The fourth-order valence-electron chi connectivity index (χ4n) is 0.651. The van der Waals surface area contributed by atoms with Gasteiger partial charge in [-0.3, -0.25) is 9.78 Å². The van der Waals surface area contributed by atoms with Gasteiger partial charge in [0.1, 0.15) is 11.5 Å². The zero-order chi connectivity index (χ0) is 9.14. The van der Waals surface area contributed by atoms with Crippen molar-refractivity contribution in [3.63, 3.8) is 0 Å². The van der Waals surface area contributed by atoms with Crippen LogP contribution in [0.25, 0.3) is 0 Å². The first-order valence-electron chi connectivity index (χ1n) is 3.05. The number of ketones is 1. The van der Waals surface area contributed by atoms with Crippen LogP contribution in [0.5, 0.6) is 0 Å². The molecule has 0 aliphatic rings. The van der Waals surface area contributed by atoms with Crippen LogP contribution in [0.3, 0.4) is 0 Å². The second-order valence-electron chi connectivity index (χ2n) is 2.02. The number of alkyl halides is 2. The lowest BCUT2D eigenvalue weighted by molar-refractivity contribution is 0.0672. The van der Waals surface area contributed by atoms with E-state index in [1.54, 1.807) is 0 Å². The van der Waals surface area contributed by atoms with Crippen LogP contribution in [0.2, 0.25) is 0 Å². The van der Waals surface area contributed by atoms with Crippen LogP contribution >= 0.6 is 0 Å². The Balaban J connectivity index is 2.96. The SMILES string of the molecule is O=C(c1cc(F)ccn1)C(F)F. The standard InChI is InChI=1S/C7H4F3NO/c8-4-1-2-11-5(3-4)6(12)7(9)10/h1-3,7H. The van der Waals surface area contributed by atoms with Crippen LogP contribution in [0.1, 0.15) is 10.5 Å². The highest BCUT2D eigenvalue weighted by atomic mass is 19.3. The van der Waals surface area contributed by atoms with Gasteiger partial charge in [-0.05, 0) is 6.07 Å². The van der Waals surface area contributed by atoms with Crippen LogP contribution in [0.15, 0.2) is 18.3 Å². The summed E-state index contributed by atoms with van der Waals surface area (Å²) >= 11 is 0. The average molecular weight is 175 g/mol. The fraction of sp³-hybridized carbons (Fsp3) is 0.143. The number of hydrogen-bond donors (Lipinski definition) is 0. The number of aromatic nitrogens is 1. The summed E-state index contributed by atoms with van der Waals surface area (Å²) in [6, 6.07) is 1.65. The molecule has 0 aromatic carbocycles. The molecule has 0 fully saturated rings. The van der Waals surface area contributed by atoms with Crippen molar-refractivity contribution in [3.05, 3.63) is 29.8 Å². The predicted octanol–water partition coefficient (Wildman–Crippen LogP) is 1.67. The summed E-state index contributed by atoms with van der Waals surface area (Å²) in [5, 5.41) is 0. The number of Topliss-reactive ketones (excluding diaryl/α,β-unsaturated/α-hetero) is 1. The normalized spacial score (nSPS) is 10.3. The van der Waals surface area contributed by atoms with E-state index in [1.807, 2.05) is 0 Å². The van der Waals surface area contributed by atoms with Gasteiger partial charge in [-0.25, -0.2) is 13.2 Å². The van der Waals surface area contributed by atoms with E-state index in [4.69, 9.17) is 0 Å². The predicted molar refractivity (Wildman–Crippen MR) is 34.5 cm³/mol. The van der Waals surface area contributed by atoms with E-state index in [0.717, 1.165) is 12.3 Å². The minimum Gasteiger partial charge on any atom is -0.286 e. The number of carbonyl (C=O) groups is 1. The van der Waals surface area contributed by atoms with Gasteiger partial charge in [0.25, 0.3) is 0 Å². The van der Waals surface area contributed by atoms with Gasteiger partial charge in [0.15, 0.2) is 0 Å². The Bertz CT molecular complexity index is 300. The van der Waals surface area contributed by atoms with E-state index in [1.165, 1.54) is 0 Å². The zero-order valence-corrected chi connectivity index (χ0v) is 5.80. The molecule has 5 heteroatoms. The van der Waals surface area contributed by atoms with E-state index < -0.39 is 23.7 Å². The van der Waals surface area contributed by atoms with Crippen molar-refractivity contribution in [1.29, 1.82) is 0 Å². The third-order valence-electron chi connectivity index (χ3n) is 1.17. The first kappa shape index (κ1) is 8.70. The highest BCUT2D eigenvalue weighted by molar-refractivity contribution is 5.96. The summed E-state index contributed by atoms with van der Waals surface area (Å²) in [5.74, 6) is -2.22. The third-order valence-corrected chi connectivity index (χ3v) is 1.17. The number of rotatable bonds is 2. The molecule has 0 atom stereocenters. The molecule has 64 valence electrons. The van der Waals surface area contributed by atoms with Gasteiger partial charge in [-0.1, -0.05) is 0 Å². The van der Waals surface area contributed by atoms with Gasteiger partial charge < -0.3 is 0 Å². The summed E-state index contributed by atoms with van der Waals surface area (Å²) in [6.45, 7) is 0. The third kappa shape index (κ3) is 1.81. The molecule has 0 N–H and O–H groups in total. The molecule has 0 aliphatic carbocycles. The van der Waals surface area contributed by atoms with Crippen molar-refractivity contribution in [3.8, 4) is 0 Å². The molecule has 0 spiro atoms. The topological polar surface area (TPSA) is 30.0 Å². The molecule has 1 heterocycles. The molecule has 0 unspecified atom stereocenters. The van der Waals surface area contributed by atoms with Crippen molar-refractivity contribution in [2.75, 3.05) is 0 Å². The molecule has 12 heavy (non-hydrogen) atoms. The lowest BCUT2D eigenvalue weighted by Crippen LogP contribution is -2.12. The Labute approximate surface area is 66.0 Å². The van der Waals surface area contributed by atoms with Crippen molar-refractivity contribution < 1.29 is 18.0 Å². The van der Waals surface area contributed by atoms with Crippen LogP contribution in [0, 0.1) is 5.82 Å². The monoisotopic (exact) mass is 175 g/mol. The Morgan fingerprint density at radius 2 is 2.17 bits per heavy atom. The molecule has 1 rings (SSSR count). The first-order chi connectivity index (χ1) is 5.61. The molecule has 0 saturated carbocycles. The van der Waals surface area contributed by atoms with E-state index in [9.17, 15) is 18.0 Å². The zero-order valence-electron chi connectivity index (χ0n) is 5.80. The largest absolute Gasteiger partial charge is 0.302 e. The quantitative estimate of drug-likeness (QED) is 0.640. The molecule has 2 nitrogen and oxygen atoms in total. The molecule has 0 aliphatic heterocycles. The second-order valence-corrected chi connectivity index (χ2v) is 2.02. The van der Waals surface area contributed by atoms with E-state index >= 15 is 0 Å². The maximum absolute atomic E-state index is 12.4. The summed E-state index contributed by atoms with van der Waals surface area (Å²) in [4.78, 5) is 13.8. The lowest BCUT2D eigenvalue weighted by atomic mass is 10.2. The van der Waals surface area contributed by atoms with Crippen LogP contribution in [-0.2, 0) is 0 Å². The minimum absolute atomic E-state index is 0.551. The van der Waals surface area contributed by atoms with Crippen molar-refractivity contribution >= 4 is 5.78 Å². The number of halogens is 3. The van der Waals surface area contributed by atoms with Crippen LogP contribution in [0.4, 0.5) is 13.2 Å². The lowest BCUT2D eigenvalue weighted by Gasteiger charge is -1.96. The van der Waals surface area contributed by atoms with E-state index in [-0.39, 0.29) is 0 Å². The maximum Gasteiger partial charge on any atom is 0.302 e. The molecule has 0 saturated heterocycles.